The van der Waals surface area contributed by atoms with Crippen molar-refractivity contribution >= 4 is 34.8 Å². The first-order valence-electron chi connectivity index (χ1n) is 8.12. The number of aromatic nitrogens is 1. The largest absolute Gasteiger partial charge is 0.383 e. The van der Waals surface area contributed by atoms with E-state index in [1.807, 2.05) is 62.6 Å². The van der Waals surface area contributed by atoms with Gasteiger partial charge in [0, 0.05) is 29.6 Å². The Balaban J connectivity index is 0.00000182. The lowest BCUT2D eigenvalue weighted by Crippen LogP contribution is -2.21. The molecule has 0 amide bonds. The Kier molecular flexibility index (Phi) is 4.75. The third-order valence-electron chi connectivity index (χ3n) is 4.41. The molecule has 1 heterocycles. The molecule has 0 aliphatic heterocycles. The molecule has 4 nitrogen and oxygen atoms in total. The monoisotopic (exact) mass is 353 g/mol. The first-order chi connectivity index (χ1) is 11.7. The number of benzene rings is 2. The Labute approximate surface area is 153 Å². The highest BCUT2D eigenvalue weighted by Crippen LogP contribution is 2.41. The van der Waals surface area contributed by atoms with E-state index in [-0.39, 0.29) is 18.2 Å². The minimum absolute atomic E-state index is 0. The van der Waals surface area contributed by atoms with Gasteiger partial charge in [-0.3, -0.25) is 4.79 Å². The van der Waals surface area contributed by atoms with Crippen LogP contribution in [0.5, 0.6) is 0 Å². The van der Waals surface area contributed by atoms with Crippen LogP contribution in [0.2, 0.25) is 0 Å². The summed E-state index contributed by atoms with van der Waals surface area (Å²) in [5, 5.41) is 4.48. The fourth-order valence-electron chi connectivity index (χ4n) is 3.24. The van der Waals surface area contributed by atoms with E-state index in [4.69, 9.17) is 4.98 Å². The molecule has 0 saturated carbocycles. The summed E-state index contributed by atoms with van der Waals surface area (Å²) in [7, 11) is 4.08. The number of nitrogens with zero attached hydrogens (tertiary/aromatic N) is 2. The van der Waals surface area contributed by atoms with Gasteiger partial charge in [0.15, 0.2) is 5.78 Å². The Morgan fingerprint density at radius 1 is 1.00 bits per heavy atom. The normalized spacial score (nSPS) is 12.0. The van der Waals surface area contributed by atoms with Crippen LogP contribution in [0.4, 0.5) is 5.69 Å². The van der Waals surface area contributed by atoms with Gasteiger partial charge in [0.25, 0.3) is 0 Å². The molecule has 3 aromatic rings. The standard InChI is InChI=1S/C20H19N3O.ClH/c1-23(2)12-11-21-18-15-9-5-6-10-16(15)22-19-13-7-3-4-8-14(13)20(24)17(18)19;/h3-10H,11-12H2,1-2H3,(H,21,22);1H. The highest BCUT2D eigenvalue weighted by molar-refractivity contribution is 6.26. The summed E-state index contributed by atoms with van der Waals surface area (Å²) in [4.78, 5) is 19.9. The number of pyridine rings is 1. The molecule has 128 valence electrons. The minimum atomic E-state index is 0. The summed E-state index contributed by atoms with van der Waals surface area (Å²) in [5.74, 6) is 0.0613. The van der Waals surface area contributed by atoms with Crippen LogP contribution < -0.4 is 5.32 Å². The molecule has 1 aliphatic carbocycles. The molecule has 5 heteroatoms. The highest BCUT2D eigenvalue weighted by atomic mass is 35.5. The van der Waals surface area contributed by atoms with Gasteiger partial charge in [-0.1, -0.05) is 42.5 Å². The summed E-state index contributed by atoms with van der Waals surface area (Å²) in [6.07, 6.45) is 0. The average Bonchev–Trinajstić information content (AvgIpc) is 2.87. The summed E-state index contributed by atoms with van der Waals surface area (Å²) < 4.78 is 0. The van der Waals surface area contributed by atoms with E-state index in [1.54, 1.807) is 0 Å². The van der Waals surface area contributed by atoms with E-state index < -0.39 is 0 Å². The Morgan fingerprint density at radius 3 is 2.44 bits per heavy atom. The van der Waals surface area contributed by atoms with Crippen molar-refractivity contribution in [1.82, 2.24) is 9.88 Å². The van der Waals surface area contributed by atoms with Crippen LogP contribution in [0, 0.1) is 0 Å². The number of nitrogens with one attached hydrogen (secondary N) is 1. The number of halogens is 1. The molecule has 0 spiro atoms. The van der Waals surface area contributed by atoms with Crippen molar-refractivity contribution in [1.29, 1.82) is 0 Å². The molecule has 0 unspecified atom stereocenters. The van der Waals surface area contributed by atoms with Gasteiger partial charge < -0.3 is 10.2 Å². The molecule has 0 saturated heterocycles. The fraction of sp³-hybridized carbons (Fsp3) is 0.200. The maximum atomic E-state index is 13.0. The third kappa shape index (κ3) is 2.88. The summed E-state index contributed by atoms with van der Waals surface area (Å²) in [6, 6.07) is 15.7. The Hall–Kier alpha value is -2.43. The number of hydrogen-bond acceptors (Lipinski definition) is 4. The number of hydrogen-bond donors (Lipinski definition) is 1. The van der Waals surface area contributed by atoms with Crippen molar-refractivity contribution in [3.8, 4) is 11.3 Å². The topological polar surface area (TPSA) is 45.2 Å². The SMILES string of the molecule is CN(C)CCNc1c2c(nc3ccccc13)-c1ccccc1C2=O.Cl. The molecular weight excluding hydrogens is 334 g/mol. The second-order valence-electron chi connectivity index (χ2n) is 6.33. The van der Waals surface area contributed by atoms with Crippen molar-refractivity contribution in [3.63, 3.8) is 0 Å². The van der Waals surface area contributed by atoms with Crippen LogP contribution >= 0.6 is 12.4 Å². The molecule has 1 N–H and O–H groups in total. The molecule has 0 atom stereocenters. The van der Waals surface area contributed by atoms with E-state index in [0.717, 1.165) is 46.5 Å². The first-order valence-corrected chi connectivity index (χ1v) is 8.12. The quantitative estimate of drug-likeness (QED) is 0.605. The summed E-state index contributed by atoms with van der Waals surface area (Å²) in [6.45, 7) is 1.67. The minimum Gasteiger partial charge on any atom is -0.383 e. The van der Waals surface area contributed by atoms with E-state index in [1.165, 1.54) is 0 Å². The van der Waals surface area contributed by atoms with Crippen LogP contribution in [0.15, 0.2) is 48.5 Å². The second kappa shape index (κ2) is 6.82. The van der Waals surface area contributed by atoms with Gasteiger partial charge in [-0.15, -0.1) is 12.4 Å². The zero-order valence-electron chi connectivity index (χ0n) is 14.2. The number of anilines is 1. The van der Waals surface area contributed by atoms with E-state index in [0.29, 0.717) is 5.56 Å². The van der Waals surface area contributed by atoms with Gasteiger partial charge in [0.1, 0.15) is 0 Å². The molecule has 0 radical (unpaired) electrons. The number of para-hydroxylation sites is 1. The van der Waals surface area contributed by atoms with Crippen molar-refractivity contribution in [2.75, 3.05) is 32.5 Å². The average molecular weight is 354 g/mol. The summed E-state index contributed by atoms with van der Waals surface area (Å²) >= 11 is 0. The molecule has 4 rings (SSSR count). The van der Waals surface area contributed by atoms with E-state index in [2.05, 4.69) is 10.2 Å². The second-order valence-corrected chi connectivity index (χ2v) is 6.33. The van der Waals surface area contributed by atoms with Gasteiger partial charge in [0.05, 0.1) is 22.5 Å². The lowest BCUT2D eigenvalue weighted by Gasteiger charge is -2.16. The third-order valence-corrected chi connectivity index (χ3v) is 4.41. The van der Waals surface area contributed by atoms with Crippen LogP contribution in [-0.4, -0.2) is 42.9 Å². The molecule has 25 heavy (non-hydrogen) atoms. The lowest BCUT2D eigenvalue weighted by molar-refractivity contribution is 0.104. The molecule has 0 fully saturated rings. The van der Waals surface area contributed by atoms with Gasteiger partial charge in [-0.25, -0.2) is 4.98 Å². The van der Waals surface area contributed by atoms with Crippen LogP contribution in [0.25, 0.3) is 22.2 Å². The maximum Gasteiger partial charge on any atom is 0.198 e. The van der Waals surface area contributed by atoms with Crippen LogP contribution in [0.1, 0.15) is 15.9 Å². The number of carbonyl (C=O) groups excluding carboxylic acids is 1. The zero-order chi connectivity index (χ0) is 16.7. The van der Waals surface area contributed by atoms with Gasteiger partial charge >= 0.3 is 0 Å². The molecule has 2 aromatic carbocycles. The number of fused-ring (bicyclic) bond motifs is 4. The van der Waals surface area contributed by atoms with Gasteiger partial charge in [0.2, 0.25) is 0 Å². The van der Waals surface area contributed by atoms with Gasteiger partial charge in [-0.2, -0.15) is 0 Å². The lowest BCUT2D eigenvalue weighted by atomic mass is 10.0. The number of carbonyl (C=O) groups is 1. The fourth-order valence-corrected chi connectivity index (χ4v) is 3.24. The highest BCUT2D eigenvalue weighted by Gasteiger charge is 2.31. The number of rotatable bonds is 4. The predicted molar refractivity (Wildman–Crippen MR) is 105 cm³/mol. The number of ketones is 1. The Morgan fingerprint density at radius 2 is 1.68 bits per heavy atom. The smallest absolute Gasteiger partial charge is 0.198 e. The molecular formula is C20H20ClN3O. The first kappa shape index (κ1) is 17.4. The zero-order valence-corrected chi connectivity index (χ0v) is 15.1. The molecule has 1 aromatic heterocycles. The number of likely N-dealkylation sites (N-methyl/N-ethyl adjacent to an activating group) is 1. The Bertz CT molecular complexity index is 953. The van der Waals surface area contributed by atoms with E-state index >= 15 is 0 Å². The molecule has 1 aliphatic rings. The molecule has 0 bridgehead atoms. The van der Waals surface area contributed by atoms with Crippen molar-refractivity contribution in [3.05, 3.63) is 59.7 Å². The van der Waals surface area contributed by atoms with Crippen molar-refractivity contribution in [2.45, 2.75) is 0 Å². The maximum absolute atomic E-state index is 13.0. The van der Waals surface area contributed by atoms with Crippen LogP contribution in [0.3, 0.4) is 0 Å². The van der Waals surface area contributed by atoms with Crippen molar-refractivity contribution < 1.29 is 4.79 Å². The van der Waals surface area contributed by atoms with Crippen LogP contribution in [-0.2, 0) is 0 Å². The predicted octanol–water partition coefficient (Wildman–Crippen LogP) is 3.84. The summed E-state index contributed by atoms with van der Waals surface area (Å²) in [5.41, 5.74) is 4.98. The van der Waals surface area contributed by atoms with E-state index in [9.17, 15) is 4.79 Å². The van der Waals surface area contributed by atoms with Crippen molar-refractivity contribution in [2.24, 2.45) is 0 Å². The van der Waals surface area contributed by atoms with Gasteiger partial charge in [-0.05, 0) is 20.2 Å².